The van der Waals surface area contributed by atoms with E-state index in [2.05, 4.69) is 15.1 Å². The number of piperidine rings is 1. The normalized spacial score (nSPS) is 17.0. The van der Waals surface area contributed by atoms with Crippen molar-refractivity contribution in [1.29, 1.82) is 0 Å². The van der Waals surface area contributed by atoms with E-state index in [1.807, 2.05) is 18.2 Å². The van der Waals surface area contributed by atoms with Crippen molar-refractivity contribution in [3.63, 3.8) is 0 Å². The number of hydrogen-bond acceptors (Lipinski definition) is 5. The predicted octanol–water partition coefficient (Wildman–Crippen LogP) is 2.80. The fourth-order valence-electron chi connectivity index (χ4n) is 2.50. The van der Waals surface area contributed by atoms with Gasteiger partial charge >= 0.3 is 0 Å². The van der Waals surface area contributed by atoms with Crippen LogP contribution in [0.1, 0.15) is 18.7 Å². The lowest BCUT2D eigenvalue weighted by Gasteiger charge is -2.28. The third kappa shape index (κ3) is 3.31. The van der Waals surface area contributed by atoms with E-state index in [1.54, 1.807) is 6.07 Å². The first-order valence-electron chi connectivity index (χ1n) is 7.01. The Morgan fingerprint density at radius 2 is 2.05 bits per heavy atom. The van der Waals surface area contributed by atoms with Crippen molar-refractivity contribution in [3.05, 3.63) is 35.2 Å². The van der Waals surface area contributed by atoms with Crippen LogP contribution >= 0.6 is 11.6 Å². The molecule has 0 aliphatic carbocycles. The van der Waals surface area contributed by atoms with Gasteiger partial charge in [-0.25, -0.2) is 0 Å². The molecule has 0 saturated carbocycles. The summed E-state index contributed by atoms with van der Waals surface area (Å²) >= 11 is 6.12. The maximum Gasteiger partial charge on any atom is 0.249 e. The Morgan fingerprint density at radius 1 is 1.29 bits per heavy atom. The van der Waals surface area contributed by atoms with Crippen LogP contribution in [0.5, 0.6) is 0 Å². The zero-order valence-electron chi connectivity index (χ0n) is 11.5. The summed E-state index contributed by atoms with van der Waals surface area (Å²) in [5.74, 6) is 1.22. The molecule has 5 nitrogen and oxygen atoms in total. The first-order chi connectivity index (χ1) is 10.3. The minimum absolute atomic E-state index is 0.197. The van der Waals surface area contributed by atoms with Crippen molar-refractivity contribution in [3.8, 4) is 11.5 Å². The molecular weight excluding hydrogens is 290 g/mol. The average molecular weight is 306 g/mol. The molecule has 0 unspecified atom stereocenters. The van der Waals surface area contributed by atoms with Crippen LogP contribution in [-0.4, -0.2) is 34.5 Å². The molecule has 1 aliphatic heterocycles. The van der Waals surface area contributed by atoms with Gasteiger partial charge in [0.1, 0.15) is 6.29 Å². The maximum absolute atomic E-state index is 10.7. The Kier molecular flexibility index (Phi) is 4.31. The molecule has 1 saturated heterocycles. The smallest absolute Gasteiger partial charge is 0.249 e. The molecule has 1 aliphatic rings. The summed E-state index contributed by atoms with van der Waals surface area (Å²) in [6, 6.07) is 7.40. The summed E-state index contributed by atoms with van der Waals surface area (Å²) < 4.78 is 5.69. The monoisotopic (exact) mass is 305 g/mol. The lowest BCUT2D eigenvalue weighted by atomic mass is 9.99. The van der Waals surface area contributed by atoms with Crippen LogP contribution in [0.3, 0.4) is 0 Å². The summed E-state index contributed by atoms with van der Waals surface area (Å²) in [5, 5.41) is 8.74. The van der Waals surface area contributed by atoms with Gasteiger partial charge in [-0.1, -0.05) is 23.7 Å². The number of rotatable bonds is 4. The second-order valence-electron chi connectivity index (χ2n) is 5.23. The number of hydrogen-bond donors (Lipinski definition) is 0. The van der Waals surface area contributed by atoms with Gasteiger partial charge in [0.05, 0.1) is 17.1 Å². The molecule has 1 aromatic heterocycles. The molecule has 110 valence electrons. The highest BCUT2D eigenvalue weighted by Gasteiger charge is 2.20. The topological polar surface area (TPSA) is 59.2 Å². The number of aldehydes is 1. The number of likely N-dealkylation sites (tertiary alicyclic amines) is 1. The van der Waals surface area contributed by atoms with E-state index in [0.29, 0.717) is 23.3 Å². The second-order valence-corrected chi connectivity index (χ2v) is 5.64. The molecule has 0 amide bonds. The van der Waals surface area contributed by atoms with Crippen LogP contribution in [0, 0.1) is 5.92 Å². The van der Waals surface area contributed by atoms with Crippen molar-refractivity contribution < 1.29 is 9.21 Å². The van der Waals surface area contributed by atoms with Crippen molar-refractivity contribution in [1.82, 2.24) is 15.1 Å². The average Bonchev–Trinajstić information content (AvgIpc) is 2.97. The van der Waals surface area contributed by atoms with Gasteiger partial charge in [0.15, 0.2) is 0 Å². The Bertz CT molecular complexity index is 621. The standard InChI is InChI=1S/C15H16ClN3O2/c16-13-4-2-1-3-12(13)15-18-17-14(21-15)9-19-7-5-11(10-20)6-8-19/h1-4,10-11H,5-9H2. The maximum atomic E-state index is 10.7. The van der Waals surface area contributed by atoms with Crippen LogP contribution in [0.25, 0.3) is 11.5 Å². The fraction of sp³-hybridized carbons (Fsp3) is 0.400. The molecule has 0 atom stereocenters. The zero-order chi connectivity index (χ0) is 14.7. The number of nitrogens with zero attached hydrogens (tertiary/aromatic N) is 3. The zero-order valence-corrected chi connectivity index (χ0v) is 12.3. The molecule has 2 aromatic rings. The predicted molar refractivity (Wildman–Crippen MR) is 78.8 cm³/mol. The highest BCUT2D eigenvalue weighted by atomic mass is 35.5. The molecule has 0 bridgehead atoms. The summed E-state index contributed by atoms with van der Waals surface area (Å²) in [6.45, 7) is 2.38. The quantitative estimate of drug-likeness (QED) is 0.813. The van der Waals surface area contributed by atoms with Gasteiger partial charge in [-0.05, 0) is 38.1 Å². The number of carbonyl (C=O) groups is 1. The minimum Gasteiger partial charge on any atom is -0.419 e. The summed E-state index contributed by atoms with van der Waals surface area (Å²) in [5.41, 5.74) is 0.748. The molecule has 0 spiro atoms. The molecule has 1 fully saturated rings. The first-order valence-corrected chi connectivity index (χ1v) is 7.39. The lowest BCUT2D eigenvalue weighted by Crippen LogP contribution is -2.33. The molecule has 21 heavy (non-hydrogen) atoms. The number of carbonyl (C=O) groups excluding carboxylic acids is 1. The Balaban J connectivity index is 1.66. The van der Waals surface area contributed by atoms with Crippen LogP contribution in [0.2, 0.25) is 5.02 Å². The van der Waals surface area contributed by atoms with E-state index in [9.17, 15) is 4.79 Å². The number of benzene rings is 1. The lowest BCUT2D eigenvalue weighted by molar-refractivity contribution is -0.112. The van der Waals surface area contributed by atoms with Crippen LogP contribution in [0.4, 0.5) is 0 Å². The van der Waals surface area contributed by atoms with Gasteiger partial charge < -0.3 is 9.21 Å². The van der Waals surface area contributed by atoms with E-state index < -0.39 is 0 Å². The van der Waals surface area contributed by atoms with Crippen LogP contribution < -0.4 is 0 Å². The van der Waals surface area contributed by atoms with Crippen LogP contribution in [-0.2, 0) is 11.3 Å². The van der Waals surface area contributed by atoms with Crippen molar-refractivity contribution >= 4 is 17.9 Å². The first kappa shape index (κ1) is 14.2. The molecule has 0 N–H and O–H groups in total. The summed E-state index contributed by atoms with van der Waals surface area (Å²) in [6.07, 6.45) is 2.85. The number of halogens is 1. The molecule has 3 rings (SSSR count). The summed E-state index contributed by atoms with van der Waals surface area (Å²) in [4.78, 5) is 13.0. The van der Waals surface area contributed by atoms with Gasteiger partial charge in [-0.3, -0.25) is 4.90 Å². The van der Waals surface area contributed by atoms with Gasteiger partial charge in [-0.2, -0.15) is 0 Å². The molecule has 1 aromatic carbocycles. The van der Waals surface area contributed by atoms with Gasteiger partial charge in [0.25, 0.3) is 0 Å². The highest BCUT2D eigenvalue weighted by Crippen LogP contribution is 2.26. The third-order valence-electron chi connectivity index (χ3n) is 3.75. The molecule has 6 heteroatoms. The third-order valence-corrected chi connectivity index (χ3v) is 4.08. The second kappa shape index (κ2) is 6.37. The van der Waals surface area contributed by atoms with Crippen molar-refractivity contribution in [2.24, 2.45) is 5.92 Å². The van der Waals surface area contributed by atoms with Crippen molar-refractivity contribution in [2.45, 2.75) is 19.4 Å². The summed E-state index contributed by atoms with van der Waals surface area (Å²) in [7, 11) is 0. The van der Waals surface area contributed by atoms with E-state index in [1.165, 1.54) is 0 Å². The van der Waals surface area contributed by atoms with Gasteiger partial charge in [0, 0.05) is 5.92 Å². The Labute approximate surface area is 127 Å². The van der Waals surface area contributed by atoms with Gasteiger partial charge in [-0.15, -0.1) is 10.2 Å². The highest BCUT2D eigenvalue weighted by molar-refractivity contribution is 6.33. The van der Waals surface area contributed by atoms with Gasteiger partial charge in [0.2, 0.25) is 11.8 Å². The number of aromatic nitrogens is 2. The van der Waals surface area contributed by atoms with Crippen LogP contribution in [0.15, 0.2) is 28.7 Å². The molecule has 2 heterocycles. The largest absolute Gasteiger partial charge is 0.419 e. The molecule has 0 radical (unpaired) electrons. The Hall–Kier alpha value is -1.72. The van der Waals surface area contributed by atoms with E-state index in [4.69, 9.17) is 16.0 Å². The minimum atomic E-state index is 0.197. The SMILES string of the molecule is O=CC1CCN(Cc2nnc(-c3ccccc3Cl)o2)CC1. The fourth-order valence-corrected chi connectivity index (χ4v) is 2.72. The van der Waals surface area contributed by atoms with E-state index >= 15 is 0 Å². The Morgan fingerprint density at radius 3 is 2.76 bits per heavy atom. The van der Waals surface area contributed by atoms with E-state index in [-0.39, 0.29) is 5.92 Å². The van der Waals surface area contributed by atoms with Crippen molar-refractivity contribution in [2.75, 3.05) is 13.1 Å². The van der Waals surface area contributed by atoms with E-state index in [0.717, 1.165) is 37.8 Å². The molecular formula is C15H16ClN3O2.